The molecule has 0 aromatic heterocycles. The van der Waals surface area contributed by atoms with Crippen LogP contribution in [0.4, 0.5) is 17.6 Å². The first-order valence-electron chi connectivity index (χ1n) is 5.65. The summed E-state index contributed by atoms with van der Waals surface area (Å²) in [5, 5.41) is 8.78. The Hall–Kier alpha value is -0.850. The number of benzene rings is 1. The van der Waals surface area contributed by atoms with Crippen LogP contribution in [0.2, 0.25) is 5.02 Å². The Kier molecular flexibility index (Phi) is 6.03. The van der Waals surface area contributed by atoms with E-state index >= 15 is 0 Å². The minimum absolute atomic E-state index is 0.0430. The maximum atomic E-state index is 12.8. The summed E-state index contributed by atoms with van der Waals surface area (Å²) in [6, 6.07) is 3.58. The second-order valence-corrected chi connectivity index (χ2v) is 4.55. The van der Waals surface area contributed by atoms with Gasteiger partial charge < -0.3 is 5.11 Å². The van der Waals surface area contributed by atoms with Crippen LogP contribution < -0.4 is 0 Å². The van der Waals surface area contributed by atoms with E-state index in [0.29, 0.717) is 5.56 Å². The highest BCUT2D eigenvalue weighted by Gasteiger charge is 2.30. The lowest BCUT2D eigenvalue weighted by molar-refractivity contribution is -0.147. The van der Waals surface area contributed by atoms with Gasteiger partial charge in [-0.15, -0.1) is 0 Å². The largest absolute Gasteiger partial charge is 0.401 e. The predicted octanol–water partition coefficient (Wildman–Crippen LogP) is 3.23. The van der Waals surface area contributed by atoms with Crippen LogP contribution in [0.15, 0.2) is 18.2 Å². The number of halogens is 5. The van der Waals surface area contributed by atoms with E-state index in [9.17, 15) is 17.6 Å². The van der Waals surface area contributed by atoms with E-state index in [-0.39, 0.29) is 31.1 Å². The molecule has 1 N–H and O–H groups in total. The lowest BCUT2D eigenvalue weighted by Gasteiger charge is -2.23. The molecule has 0 heterocycles. The van der Waals surface area contributed by atoms with Crippen molar-refractivity contribution in [3.8, 4) is 0 Å². The van der Waals surface area contributed by atoms with Crippen molar-refractivity contribution in [1.29, 1.82) is 0 Å². The van der Waals surface area contributed by atoms with Gasteiger partial charge in [0, 0.05) is 24.7 Å². The molecular weight excluding hydrogens is 286 g/mol. The molecule has 0 saturated carbocycles. The molecule has 7 heteroatoms. The van der Waals surface area contributed by atoms with Crippen LogP contribution in [-0.4, -0.2) is 35.9 Å². The highest BCUT2D eigenvalue weighted by Crippen LogP contribution is 2.22. The zero-order valence-electron chi connectivity index (χ0n) is 10.1. The molecule has 0 fully saturated rings. The fourth-order valence-corrected chi connectivity index (χ4v) is 1.88. The number of aliphatic hydroxyl groups excluding tert-OH is 1. The van der Waals surface area contributed by atoms with Crippen molar-refractivity contribution in [3.05, 3.63) is 34.6 Å². The monoisotopic (exact) mass is 299 g/mol. The molecule has 19 heavy (non-hydrogen) atoms. The number of aliphatic hydroxyl groups is 1. The predicted molar refractivity (Wildman–Crippen MR) is 64.4 cm³/mol. The third-order valence-electron chi connectivity index (χ3n) is 2.44. The fourth-order valence-electron chi connectivity index (χ4n) is 1.65. The van der Waals surface area contributed by atoms with Crippen molar-refractivity contribution in [1.82, 2.24) is 4.90 Å². The van der Waals surface area contributed by atoms with Gasteiger partial charge in [-0.1, -0.05) is 17.7 Å². The van der Waals surface area contributed by atoms with Gasteiger partial charge in [0.05, 0.1) is 6.54 Å². The molecule has 0 amide bonds. The Labute approximate surface area is 113 Å². The van der Waals surface area contributed by atoms with Crippen molar-refractivity contribution < 1.29 is 22.7 Å². The summed E-state index contributed by atoms with van der Waals surface area (Å²) in [5.41, 5.74) is 0.422. The van der Waals surface area contributed by atoms with Gasteiger partial charge in [-0.05, 0) is 24.1 Å². The second kappa shape index (κ2) is 7.07. The van der Waals surface area contributed by atoms with Gasteiger partial charge in [0.25, 0.3) is 0 Å². The summed E-state index contributed by atoms with van der Waals surface area (Å²) < 4.78 is 50.1. The van der Waals surface area contributed by atoms with Gasteiger partial charge in [0.1, 0.15) is 5.82 Å². The van der Waals surface area contributed by atoms with E-state index in [1.165, 1.54) is 6.07 Å². The third kappa shape index (κ3) is 6.22. The van der Waals surface area contributed by atoms with Gasteiger partial charge in [-0.25, -0.2) is 4.39 Å². The smallest absolute Gasteiger partial charge is 0.396 e. The summed E-state index contributed by atoms with van der Waals surface area (Å²) in [7, 11) is 0. The Morgan fingerprint density at radius 1 is 1.26 bits per heavy atom. The van der Waals surface area contributed by atoms with Crippen molar-refractivity contribution in [2.75, 3.05) is 19.7 Å². The van der Waals surface area contributed by atoms with Gasteiger partial charge in [-0.3, -0.25) is 4.90 Å². The van der Waals surface area contributed by atoms with E-state index < -0.39 is 18.5 Å². The van der Waals surface area contributed by atoms with Crippen LogP contribution >= 0.6 is 11.6 Å². The van der Waals surface area contributed by atoms with E-state index in [4.69, 9.17) is 16.7 Å². The molecule has 2 nitrogen and oxygen atoms in total. The zero-order chi connectivity index (χ0) is 14.5. The molecule has 1 aromatic rings. The molecular formula is C12H14ClF4NO. The van der Waals surface area contributed by atoms with Crippen molar-refractivity contribution >= 4 is 11.6 Å². The molecule has 108 valence electrons. The Morgan fingerprint density at radius 2 is 1.95 bits per heavy atom. The Morgan fingerprint density at radius 3 is 2.47 bits per heavy atom. The van der Waals surface area contributed by atoms with Crippen molar-refractivity contribution in [2.24, 2.45) is 0 Å². The zero-order valence-corrected chi connectivity index (χ0v) is 10.8. The normalized spacial score (nSPS) is 12.2. The van der Waals surface area contributed by atoms with Gasteiger partial charge >= 0.3 is 6.18 Å². The first-order valence-corrected chi connectivity index (χ1v) is 6.03. The molecule has 1 rings (SSSR count). The fraction of sp³-hybridized carbons (Fsp3) is 0.500. The molecule has 0 unspecified atom stereocenters. The topological polar surface area (TPSA) is 23.5 Å². The first-order chi connectivity index (χ1) is 8.81. The summed E-state index contributed by atoms with van der Waals surface area (Å²) in [6.45, 7) is -1.24. The molecule has 0 aliphatic heterocycles. The van der Waals surface area contributed by atoms with Gasteiger partial charge in [-0.2, -0.15) is 13.2 Å². The number of rotatable bonds is 6. The summed E-state index contributed by atoms with van der Waals surface area (Å²) in [6.07, 6.45) is -4.10. The summed E-state index contributed by atoms with van der Waals surface area (Å²) >= 11 is 5.78. The minimum atomic E-state index is -4.33. The molecule has 0 saturated heterocycles. The summed E-state index contributed by atoms with van der Waals surface area (Å²) in [5.74, 6) is -0.536. The SMILES string of the molecule is OCCCN(Cc1ccc(F)cc1Cl)CC(F)(F)F. The molecule has 0 atom stereocenters. The highest BCUT2D eigenvalue weighted by molar-refractivity contribution is 6.31. The maximum Gasteiger partial charge on any atom is 0.401 e. The Balaban J connectivity index is 2.75. The molecule has 0 radical (unpaired) electrons. The average Bonchev–Trinajstić information content (AvgIpc) is 2.27. The van der Waals surface area contributed by atoms with Gasteiger partial charge in [0.15, 0.2) is 0 Å². The van der Waals surface area contributed by atoms with Crippen LogP contribution in [-0.2, 0) is 6.54 Å². The Bertz CT molecular complexity index is 411. The molecule has 0 spiro atoms. The van der Waals surface area contributed by atoms with Crippen LogP contribution in [0.5, 0.6) is 0 Å². The van der Waals surface area contributed by atoms with Gasteiger partial charge in [0.2, 0.25) is 0 Å². The van der Waals surface area contributed by atoms with E-state index in [1.807, 2.05) is 0 Å². The highest BCUT2D eigenvalue weighted by atomic mass is 35.5. The molecule has 0 bridgehead atoms. The second-order valence-electron chi connectivity index (χ2n) is 4.14. The van der Waals surface area contributed by atoms with Crippen molar-refractivity contribution in [3.63, 3.8) is 0 Å². The number of nitrogens with zero attached hydrogens (tertiary/aromatic N) is 1. The number of alkyl halides is 3. The van der Waals surface area contributed by atoms with Crippen LogP contribution in [0.3, 0.4) is 0 Å². The standard InChI is InChI=1S/C12H14ClF4NO/c13-11-6-10(14)3-2-9(11)7-18(4-1-5-19)8-12(15,16)17/h2-3,6,19H,1,4-5,7-8H2. The minimum Gasteiger partial charge on any atom is -0.396 e. The van der Waals surface area contributed by atoms with E-state index in [0.717, 1.165) is 17.0 Å². The van der Waals surface area contributed by atoms with Crippen LogP contribution in [0.1, 0.15) is 12.0 Å². The van der Waals surface area contributed by atoms with E-state index in [1.54, 1.807) is 0 Å². The summed E-state index contributed by atoms with van der Waals surface area (Å²) in [4.78, 5) is 1.12. The van der Waals surface area contributed by atoms with E-state index in [2.05, 4.69) is 0 Å². The quantitative estimate of drug-likeness (QED) is 0.815. The third-order valence-corrected chi connectivity index (χ3v) is 2.80. The molecule has 0 aliphatic carbocycles. The molecule has 0 aliphatic rings. The molecule has 1 aromatic carbocycles. The van der Waals surface area contributed by atoms with Crippen LogP contribution in [0.25, 0.3) is 0 Å². The number of hydrogen-bond acceptors (Lipinski definition) is 2. The maximum absolute atomic E-state index is 12.8. The lowest BCUT2D eigenvalue weighted by atomic mass is 10.2. The van der Waals surface area contributed by atoms with Crippen LogP contribution in [0, 0.1) is 5.82 Å². The average molecular weight is 300 g/mol. The first kappa shape index (κ1) is 16.2. The van der Waals surface area contributed by atoms with Crippen molar-refractivity contribution in [2.45, 2.75) is 19.1 Å². The number of hydrogen-bond donors (Lipinski definition) is 1. The lowest BCUT2D eigenvalue weighted by Crippen LogP contribution is -2.35.